The monoisotopic (exact) mass is 792 g/mol. The van der Waals surface area contributed by atoms with E-state index in [2.05, 4.69) is 31.9 Å². The quantitative estimate of drug-likeness (QED) is 0.0448. The number of hydrogen-bond donors (Lipinski definition) is 11. The van der Waals surface area contributed by atoms with Crippen LogP contribution in [-0.4, -0.2) is 119 Å². The van der Waals surface area contributed by atoms with Crippen molar-refractivity contribution in [3.05, 3.63) is 29.8 Å². The number of Topliss-reactive ketones (excluding diaryl/α,β-unsaturated/α-hetero) is 1. The fourth-order valence-corrected chi connectivity index (χ4v) is 5.68. The molecule has 0 aliphatic carbocycles. The van der Waals surface area contributed by atoms with E-state index in [9.17, 15) is 48.9 Å². The Labute approximate surface area is 329 Å². The molecule has 18 nitrogen and oxygen atoms in total. The Balaban J connectivity index is 3.45. The van der Waals surface area contributed by atoms with Gasteiger partial charge in [-0.25, -0.2) is 0 Å². The number of primary amides is 1. The molecule has 6 amide bonds. The number of phenols is 1. The summed E-state index contributed by atoms with van der Waals surface area (Å²) in [6.45, 7) is 9.54. The summed E-state index contributed by atoms with van der Waals surface area (Å²) in [5.74, 6) is -5.42. The van der Waals surface area contributed by atoms with Gasteiger partial charge >= 0.3 is 0 Å². The van der Waals surface area contributed by atoms with E-state index in [1.165, 1.54) is 24.3 Å². The van der Waals surface area contributed by atoms with Crippen LogP contribution < -0.4 is 43.4 Å². The number of phenolic OH excluding ortho intramolecular Hbond substituents is 1. The predicted molar refractivity (Wildman–Crippen MR) is 208 cm³/mol. The summed E-state index contributed by atoms with van der Waals surface area (Å²) in [6, 6.07) is -1.83. The first-order chi connectivity index (χ1) is 26.3. The molecule has 18 heteroatoms. The van der Waals surface area contributed by atoms with Gasteiger partial charge in [0.15, 0.2) is 5.78 Å². The molecule has 316 valence electrons. The maximum atomic E-state index is 14.0. The zero-order valence-electron chi connectivity index (χ0n) is 33.4. The zero-order valence-corrected chi connectivity index (χ0v) is 33.4. The molecule has 0 saturated carbocycles. The van der Waals surface area contributed by atoms with Crippen LogP contribution >= 0.6 is 0 Å². The normalized spacial score (nSPS) is 14.6. The van der Waals surface area contributed by atoms with E-state index in [0.717, 1.165) is 0 Å². The number of carbonyl (C=O) groups excluding carboxylic acids is 7. The Bertz CT molecular complexity index is 1440. The van der Waals surface area contributed by atoms with Crippen molar-refractivity contribution in [3.63, 3.8) is 0 Å². The van der Waals surface area contributed by atoms with Gasteiger partial charge in [-0.05, 0) is 62.3 Å². The Hall–Kier alpha value is -4.65. The zero-order chi connectivity index (χ0) is 42.5. The van der Waals surface area contributed by atoms with Crippen LogP contribution in [0.15, 0.2) is 24.3 Å². The number of amides is 6. The molecule has 0 fully saturated rings. The maximum absolute atomic E-state index is 14.0. The SMILES string of the molecule is CC(C)C[C@H](NC(=O)[C@H](CCC(N)=O)NC(=O)[C@H](Cc1ccc(O)cc1)NC(=O)[C@H](CCCCN)NC(=O)[C@H](CO)NC(=O)[C@H](CO)NC(C)C)C(=O)C(C)C. The van der Waals surface area contributed by atoms with Gasteiger partial charge in [-0.3, -0.25) is 33.6 Å². The Morgan fingerprint density at radius 2 is 1.09 bits per heavy atom. The number of aliphatic hydroxyl groups excluding tert-OH is 2. The summed E-state index contributed by atoms with van der Waals surface area (Å²) in [5, 5.41) is 45.2. The lowest BCUT2D eigenvalue weighted by Gasteiger charge is -2.28. The van der Waals surface area contributed by atoms with Crippen LogP contribution in [-0.2, 0) is 40.0 Å². The van der Waals surface area contributed by atoms with Crippen molar-refractivity contribution in [3.8, 4) is 5.75 Å². The Morgan fingerprint density at radius 3 is 1.57 bits per heavy atom. The van der Waals surface area contributed by atoms with Crippen LogP contribution in [0.1, 0.15) is 85.6 Å². The number of rotatable bonds is 27. The standard InChI is InChI=1S/C38H64N8O10/c1-21(2)17-28(33(51)22(3)4)44-35(53)27(14-15-32(40)50)43-36(54)29(18-24-10-12-25(49)13-11-24)45-34(52)26(9-7-8-16-39)42-38(56)31(20-48)46-37(55)30(19-47)41-23(5)6/h10-13,21-23,26-31,41,47-49H,7-9,14-20,39H2,1-6H3,(H2,40,50)(H,42,56)(H,43,54)(H,44,53)(H,45,52)(H,46,55)/t26-,27-,28-,29-,30-,31-/m0/s1. The van der Waals surface area contributed by atoms with Crippen LogP contribution in [0.4, 0.5) is 0 Å². The van der Waals surface area contributed by atoms with E-state index in [4.69, 9.17) is 11.5 Å². The van der Waals surface area contributed by atoms with Gasteiger partial charge in [0.1, 0.15) is 36.0 Å². The van der Waals surface area contributed by atoms with E-state index < -0.39 is 90.8 Å². The summed E-state index contributed by atoms with van der Waals surface area (Å²) < 4.78 is 0. The highest BCUT2D eigenvalue weighted by molar-refractivity contribution is 5.97. The van der Waals surface area contributed by atoms with Crippen molar-refractivity contribution in [1.29, 1.82) is 0 Å². The number of aliphatic hydroxyl groups is 2. The number of nitrogens with two attached hydrogens (primary N) is 2. The molecule has 0 heterocycles. The van der Waals surface area contributed by atoms with E-state index in [1.807, 2.05) is 13.8 Å². The third-order valence-corrected chi connectivity index (χ3v) is 8.69. The van der Waals surface area contributed by atoms with Gasteiger partial charge in [0, 0.05) is 24.8 Å². The van der Waals surface area contributed by atoms with E-state index in [-0.39, 0.29) is 55.7 Å². The second kappa shape index (κ2) is 25.5. The highest BCUT2D eigenvalue weighted by Crippen LogP contribution is 2.14. The highest BCUT2D eigenvalue weighted by Gasteiger charge is 2.34. The molecule has 0 aromatic heterocycles. The molecule has 0 radical (unpaired) electrons. The molecule has 0 unspecified atom stereocenters. The molecule has 0 bridgehead atoms. The van der Waals surface area contributed by atoms with E-state index in [1.54, 1.807) is 27.7 Å². The van der Waals surface area contributed by atoms with Crippen molar-refractivity contribution >= 4 is 41.2 Å². The lowest BCUT2D eigenvalue weighted by atomic mass is 9.93. The van der Waals surface area contributed by atoms with Crippen LogP contribution in [0.3, 0.4) is 0 Å². The van der Waals surface area contributed by atoms with Crippen molar-refractivity contribution in [2.45, 2.75) is 129 Å². The van der Waals surface area contributed by atoms with Gasteiger partial charge in [0.05, 0.1) is 19.3 Å². The van der Waals surface area contributed by atoms with Crippen molar-refractivity contribution < 1.29 is 48.9 Å². The summed E-state index contributed by atoms with van der Waals surface area (Å²) in [4.78, 5) is 92.4. The van der Waals surface area contributed by atoms with Crippen LogP contribution in [0, 0.1) is 11.8 Å². The summed E-state index contributed by atoms with van der Waals surface area (Å²) in [5.41, 5.74) is 11.5. The van der Waals surface area contributed by atoms with Crippen LogP contribution in [0.25, 0.3) is 0 Å². The first-order valence-corrected chi connectivity index (χ1v) is 19.1. The lowest BCUT2D eigenvalue weighted by molar-refractivity contribution is -0.136. The molecule has 6 atom stereocenters. The number of hydrogen-bond acceptors (Lipinski definition) is 12. The number of nitrogens with one attached hydrogen (secondary N) is 6. The van der Waals surface area contributed by atoms with Gasteiger partial charge in [-0.2, -0.15) is 0 Å². The van der Waals surface area contributed by atoms with E-state index in [0.29, 0.717) is 24.8 Å². The van der Waals surface area contributed by atoms with E-state index >= 15 is 0 Å². The Kier molecular flexibility index (Phi) is 22.5. The largest absolute Gasteiger partial charge is 0.508 e. The lowest BCUT2D eigenvalue weighted by Crippen LogP contribution is -2.60. The minimum Gasteiger partial charge on any atom is -0.508 e. The van der Waals surface area contributed by atoms with Gasteiger partial charge in [-0.15, -0.1) is 0 Å². The average molecular weight is 793 g/mol. The van der Waals surface area contributed by atoms with Gasteiger partial charge < -0.3 is 58.7 Å². The molecule has 0 aliphatic heterocycles. The van der Waals surface area contributed by atoms with Gasteiger partial charge in [-0.1, -0.05) is 53.7 Å². The first kappa shape index (κ1) is 49.4. The molecular formula is C38H64N8O10. The molecule has 1 aromatic rings. The number of aromatic hydroxyl groups is 1. The summed E-state index contributed by atoms with van der Waals surface area (Å²) >= 11 is 0. The minimum atomic E-state index is -1.50. The number of carbonyl (C=O) groups is 7. The second-order valence-electron chi connectivity index (χ2n) is 14.9. The summed E-state index contributed by atoms with van der Waals surface area (Å²) in [6.07, 6.45) is 0.573. The van der Waals surface area contributed by atoms with Gasteiger partial charge in [0.2, 0.25) is 35.4 Å². The maximum Gasteiger partial charge on any atom is 0.245 e. The van der Waals surface area contributed by atoms with Crippen molar-refractivity contribution in [2.75, 3.05) is 19.8 Å². The van der Waals surface area contributed by atoms with Crippen molar-refractivity contribution in [2.24, 2.45) is 23.3 Å². The smallest absolute Gasteiger partial charge is 0.245 e. The van der Waals surface area contributed by atoms with Crippen LogP contribution in [0.2, 0.25) is 0 Å². The molecule has 13 N–H and O–H groups in total. The molecule has 0 saturated heterocycles. The third-order valence-electron chi connectivity index (χ3n) is 8.69. The van der Waals surface area contributed by atoms with Crippen molar-refractivity contribution in [1.82, 2.24) is 31.9 Å². The minimum absolute atomic E-state index is 0.0353. The number of ketones is 1. The topological polar surface area (TPSA) is 304 Å². The highest BCUT2D eigenvalue weighted by atomic mass is 16.3. The fraction of sp³-hybridized carbons (Fsp3) is 0.658. The molecule has 0 spiro atoms. The molecule has 0 aliphatic rings. The van der Waals surface area contributed by atoms with Gasteiger partial charge in [0.25, 0.3) is 0 Å². The third kappa shape index (κ3) is 18.3. The number of benzene rings is 1. The first-order valence-electron chi connectivity index (χ1n) is 19.1. The molecular weight excluding hydrogens is 728 g/mol. The number of unbranched alkanes of at least 4 members (excludes halogenated alkanes) is 1. The molecule has 1 rings (SSSR count). The summed E-state index contributed by atoms with van der Waals surface area (Å²) in [7, 11) is 0. The fourth-order valence-electron chi connectivity index (χ4n) is 5.68. The predicted octanol–water partition coefficient (Wildman–Crippen LogP) is -1.62. The molecule has 1 aromatic carbocycles. The Morgan fingerprint density at radius 1 is 0.625 bits per heavy atom. The second-order valence-corrected chi connectivity index (χ2v) is 14.9. The average Bonchev–Trinajstić information content (AvgIpc) is 3.13. The molecule has 56 heavy (non-hydrogen) atoms. The van der Waals surface area contributed by atoms with Crippen LogP contribution in [0.5, 0.6) is 5.75 Å².